The van der Waals surface area contributed by atoms with Crippen molar-refractivity contribution in [2.24, 2.45) is 0 Å². The molecule has 3 aromatic heterocycles. The third-order valence-corrected chi connectivity index (χ3v) is 5.15. The number of methoxy groups -OCH3 is 1. The first-order valence-corrected chi connectivity index (χ1v) is 9.87. The maximum absolute atomic E-state index is 12.8. The minimum atomic E-state index is -0.160. The van der Waals surface area contributed by atoms with E-state index in [4.69, 9.17) is 4.74 Å². The molecule has 0 aliphatic heterocycles. The lowest BCUT2D eigenvalue weighted by Gasteiger charge is -2.18. The molecule has 0 spiro atoms. The van der Waals surface area contributed by atoms with Crippen molar-refractivity contribution in [3.05, 3.63) is 95.7 Å². The molecule has 0 bridgehead atoms. The summed E-state index contributed by atoms with van der Waals surface area (Å²) in [7, 11) is 1.64. The molecule has 1 amide bonds. The van der Waals surface area contributed by atoms with Gasteiger partial charge in [0.1, 0.15) is 11.4 Å². The number of nitrogens with zero attached hydrogens (tertiary/aromatic N) is 3. The van der Waals surface area contributed by atoms with Crippen LogP contribution in [0.25, 0.3) is 5.65 Å². The molecule has 0 aliphatic carbocycles. The molecule has 0 aliphatic rings. The third-order valence-electron chi connectivity index (χ3n) is 5.15. The second kappa shape index (κ2) is 8.78. The van der Waals surface area contributed by atoms with Gasteiger partial charge in [-0.1, -0.05) is 18.2 Å². The molecule has 0 saturated heterocycles. The minimum absolute atomic E-state index is 0.0336. The fraction of sp³-hybridized carbons (Fsp3) is 0.208. The minimum Gasteiger partial charge on any atom is -0.497 e. The molecule has 6 nitrogen and oxygen atoms in total. The summed E-state index contributed by atoms with van der Waals surface area (Å²) in [4.78, 5) is 21.5. The number of carbonyl (C=O) groups excluding carboxylic acids is 1. The average molecular weight is 400 g/mol. The van der Waals surface area contributed by atoms with Gasteiger partial charge in [-0.3, -0.25) is 9.78 Å². The van der Waals surface area contributed by atoms with Crippen LogP contribution in [0.4, 0.5) is 0 Å². The molecule has 3 heterocycles. The number of rotatable bonds is 7. The average Bonchev–Trinajstić information content (AvgIpc) is 3.19. The van der Waals surface area contributed by atoms with Crippen molar-refractivity contribution >= 4 is 11.6 Å². The molecular weight excluding hydrogens is 376 g/mol. The number of pyridine rings is 2. The number of nitrogens with one attached hydrogen (secondary N) is 1. The van der Waals surface area contributed by atoms with Crippen LogP contribution < -0.4 is 10.1 Å². The first kappa shape index (κ1) is 19.6. The number of carbonyl (C=O) groups is 1. The molecule has 6 heteroatoms. The topological polar surface area (TPSA) is 68.5 Å². The predicted octanol–water partition coefficient (Wildman–Crippen LogP) is 3.88. The van der Waals surface area contributed by atoms with Crippen molar-refractivity contribution in [2.75, 3.05) is 7.11 Å². The number of hydrogen-bond donors (Lipinski definition) is 1. The van der Waals surface area contributed by atoms with Gasteiger partial charge in [0.25, 0.3) is 0 Å². The molecule has 1 atom stereocenters. The summed E-state index contributed by atoms with van der Waals surface area (Å²) in [6.07, 6.45) is 7.64. The lowest BCUT2D eigenvalue weighted by Crippen LogP contribution is -2.25. The van der Waals surface area contributed by atoms with Crippen molar-refractivity contribution in [3.63, 3.8) is 0 Å². The van der Waals surface area contributed by atoms with E-state index in [1.165, 1.54) is 0 Å². The molecule has 1 N–H and O–H groups in total. The maximum Gasteiger partial charge on any atom is 0.221 e. The van der Waals surface area contributed by atoms with Crippen LogP contribution in [0.1, 0.15) is 34.7 Å². The second-order valence-electron chi connectivity index (χ2n) is 7.29. The number of aromatic nitrogens is 3. The van der Waals surface area contributed by atoms with Crippen molar-refractivity contribution < 1.29 is 9.53 Å². The van der Waals surface area contributed by atoms with Crippen LogP contribution in [-0.2, 0) is 11.3 Å². The summed E-state index contributed by atoms with van der Waals surface area (Å²) in [5, 5.41) is 3.01. The number of ether oxygens (including phenoxy) is 1. The summed E-state index contributed by atoms with van der Waals surface area (Å²) >= 11 is 0. The SMILES string of the molecule is COc1cccc(C(CC(=O)NCc2cccnc2)c2cnc3cc(C)ccn23)c1. The van der Waals surface area contributed by atoms with E-state index in [0.717, 1.165) is 33.8 Å². The van der Waals surface area contributed by atoms with Crippen molar-refractivity contribution in [3.8, 4) is 5.75 Å². The summed E-state index contributed by atoms with van der Waals surface area (Å²) < 4.78 is 7.45. The standard InChI is InChI=1S/C24H24N4O2/c1-17-8-10-28-22(16-26-23(28)11-17)21(19-6-3-7-20(12-19)30-2)13-24(29)27-15-18-5-4-9-25-14-18/h3-12,14,16,21H,13,15H2,1-2H3,(H,27,29). The zero-order valence-corrected chi connectivity index (χ0v) is 17.1. The molecule has 30 heavy (non-hydrogen) atoms. The van der Waals surface area contributed by atoms with Gasteiger partial charge in [-0.15, -0.1) is 0 Å². The maximum atomic E-state index is 12.8. The molecule has 0 saturated carbocycles. The number of aryl methyl sites for hydroxylation is 1. The van der Waals surface area contributed by atoms with E-state index in [-0.39, 0.29) is 11.8 Å². The number of amides is 1. The van der Waals surface area contributed by atoms with Gasteiger partial charge in [0, 0.05) is 43.7 Å². The highest BCUT2D eigenvalue weighted by Gasteiger charge is 2.22. The predicted molar refractivity (Wildman–Crippen MR) is 115 cm³/mol. The Bertz CT molecular complexity index is 1150. The summed E-state index contributed by atoms with van der Waals surface area (Å²) in [6.45, 7) is 2.49. The van der Waals surface area contributed by atoms with E-state index in [9.17, 15) is 4.79 Å². The number of fused-ring (bicyclic) bond motifs is 1. The van der Waals surface area contributed by atoms with Gasteiger partial charge in [0.2, 0.25) is 5.91 Å². The van der Waals surface area contributed by atoms with Gasteiger partial charge < -0.3 is 14.5 Å². The fourth-order valence-corrected chi connectivity index (χ4v) is 3.57. The third kappa shape index (κ3) is 4.33. The number of hydrogen-bond acceptors (Lipinski definition) is 4. The Morgan fingerprint density at radius 3 is 2.87 bits per heavy atom. The molecule has 0 radical (unpaired) electrons. The largest absolute Gasteiger partial charge is 0.497 e. The second-order valence-corrected chi connectivity index (χ2v) is 7.29. The molecule has 4 rings (SSSR count). The molecule has 4 aromatic rings. The molecule has 0 fully saturated rings. The fourth-order valence-electron chi connectivity index (χ4n) is 3.57. The van der Waals surface area contributed by atoms with E-state index < -0.39 is 0 Å². The van der Waals surface area contributed by atoms with Crippen LogP contribution in [0.5, 0.6) is 5.75 Å². The van der Waals surface area contributed by atoms with E-state index in [1.807, 2.05) is 72.2 Å². The highest BCUT2D eigenvalue weighted by molar-refractivity contribution is 5.77. The molecular formula is C24H24N4O2. The van der Waals surface area contributed by atoms with Crippen LogP contribution in [0, 0.1) is 6.92 Å². The van der Waals surface area contributed by atoms with Gasteiger partial charge in [0.15, 0.2) is 0 Å². The van der Waals surface area contributed by atoms with Crippen LogP contribution in [-0.4, -0.2) is 27.4 Å². The van der Waals surface area contributed by atoms with E-state index in [0.29, 0.717) is 13.0 Å². The lowest BCUT2D eigenvalue weighted by atomic mass is 9.92. The zero-order chi connectivity index (χ0) is 20.9. The molecule has 1 unspecified atom stereocenters. The first-order valence-electron chi connectivity index (χ1n) is 9.87. The first-order chi connectivity index (χ1) is 14.6. The summed E-state index contributed by atoms with van der Waals surface area (Å²) in [5.74, 6) is 0.568. The summed E-state index contributed by atoms with van der Waals surface area (Å²) in [6, 6.07) is 15.7. The van der Waals surface area contributed by atoms with Gasteiger partial charge >= 0.3 is 0 Å². The smallest absolute Gasteiger partial charge is 0.221 e. The Morgan fingerprint density at radius 1 is 1.17 bits per heavy atom. The van der Waals surface area contributed by atoms with E-state index >= 15 is 0 Å². The Morgan fingerprint density at radius 2 is 2.07 bits per heavy atom. The normalized spacial score (nSPS) is 11.9. The highest BCUT2D eigenvalue weighted by atomic mass is 16.5. The lowest BCUT2D eigenvalue weighted by molar-refractivity contribution is -0.121. The van der Waals surface area contributed by atoms with Crippen LogP contribution in [0.2, 0.25) is 0 Å². The van der Waals surface area contributed by atoms with E-state index in [2.05, 4.69) is 15.3 Å². The Kier molecular flexibility index (Phi) is 5.75. The van der Waals surface area contributed by atoms with Gasteiger partial charge in [-0.05, 0) is 53.9 Å². The van der Waals surface area contributed by atoms with Crippen molar-refractivity contribution in [2.45, 2.75) is 25.8 Å². The monoisotopic (exact) mass is 400 g/mol. The van der Waals surface area contributed by atoms with Crippen molar-refractivity contribution in [1.29, 1.82) is 0 Å². The summed E-state index contributed by atoms with van der Waals surface area (Å²) in [5.41, 5.74) is 4.96. The Hall–Kier alpha value is -3.67. The van der Waals surface area contributed by atoms with Crippen LogP contribution >= 0.6 is 0 Å². The Labute approximate surface area is 175 Å². The van der Waals surface area contributed by atoms with Gasteiger partial charge in [-0.25, -0.2) is 4.98 Å². The quantitative estimate of drug-likeness (QED) is 0.511. The highest BCUT2D eigenvalue weighted by Crippen LogP contribution is 2.31. The van der Waals surface area contributed by atoms with E-state index in [1.54, 1.807) is 19.5 Å². The number of imidazole rings is 1. The van der Waals surface area contributed by atoms with Crippen LogP contribution in [0.15, 0.2) is 73.3 Å². The zero-order valence-electron chi connectivity index (χ0n) is 17.1. The molecule has 1 aromatic carbocycles. The number of benzene rings is 1. The van der Waals surface area contributed by atoms with Gasteiger partial charge in [0.05, 0.1) is 12.8 Å². The van der Waals surface area contributed by atoms with Crippen molar-refractivity contribution in [1.82, 2.24) is 19.7 Å². The van der Waals surface area contributed by atoms with Crippen LogP contribution in [0.3, 0.4) is 0 Å². The Balaban J connectivity index is 1.64. The molecule has 152 valence electrons. The van der Waals surface area contributed by atoms with Gasteiger partial charge in [-0.2, -0.15) is 0 Å².